The van der Waals surface area contributed by atoms with Crippen LogP contribution in [0.4, 0.5) is 23.7 Å². The molecule has 8 heteroatoms. The molecule has 0 radical (unpaired) electrons. The lowest BCUT2D eigenvalue weighted by Crippen LogP contribution is -2.58. The van der Waals surface area contributed by atoms with Crippen LogP contribution in [0, 0.1) is 0 Å². The Labute approximate surface area is 140 Å². The van der Waals surface area contributed by atoms with Gasteiger partial charge in [0.05, 0.1) is 5.69 Å². The number of nitrogens with zero attached hydrogens (tertiary/aromatic N) is 1. The summed E-state index contributed by atoms with van der Waals surface area (Å²) < 4.78 is 38.9. The van der Waals surface area contributed by atoms with Gasteiger partial charge in [-0.3, -0.25) is 4.90 Å². The maximum Gasteiger partial charge on any atom is 0.406 e. The number of carbonyl (C=O) groups excluding carboxylic acids is 1. The molecule has 0 aromatic heterocycles. The van der Waals surface area contributed by atoms with E-state index in [0.29, 0.717) is 4.90 Å². The number of anilines is 1. The van der Waals surface area contributed by atoms with Gasteiger partial charge in [0.1, 0.15) is 6.54 Å². The molecule has 0 saturated heterocycles. The summed E-state index contributed by atoms with van der Waals surface area (Å²) in [6, 6.07) is 10.9. The van der Waals surface area contributed by atoms with Gasteiger partial charge in [0, 0.05) is 16.1 Å². The van der Waals surface area contributed by atoms with Gasteiger partial charge in [-0.2, -0.15) is 13.2 Å². The zero-order valence-electron chi connectivity index (χ0n) is 12.1. The third-order valence-corrected chi connectivity index (χ3v) is 3.98. The predicted octanol–water partition coefficient (Wildman–Crippen LogP) is 3.94. The first-order valence-electron chi connectivity index (χ1n) is 6.95. The molecule has 4 nitrogen and oxygen atoms in total. The second-order valence-corrected chi connectivity index (χ2v) is 5.80. The molecular weight excluding hydrogens is 345 g/mol. The maximum absolute atomic E-state index is 13.0. The fourth-order valence-electron chi connectivity index (χ4n) is 2.74. The van der Waals surface area contributed by atoms with Gasteiger partial charge in [0.2, 0.25) is 0 Å². The van der Waals surface area contributed by atoms with Crippen LogP contribution in [0.3, 0.4) is 0 Å². The SMILES string of the molecule is O=C1Nc2ccc(Cl)cc2C(O)(c2ccccc2)N1CC(F)(F)F. The van der Waals surface area contributed by atoms with Gasteiger partial charge in [0.15, 0.2) is 5.72 Å². The summed E-state index contributed by atoms with van der Waals surface area (Å²) in [5.41, 5.74) is -1.88. The summed E-state index contributed by atoms with van der Waals surface area (Å²) in [4.78, 5) is 12.6. The highest BCUT2D eigenvalue weighted by atomic mass is 35.5. The van der Waals surface area contributed by atoms with Gasteiger partial charge in [-0.15, -0.1) is 0 Å². The van der Waals surface area contributed by atoms with Crippen LogP contribution in [0.1, 0.15) is 11.1 Å². The number of halogens is 4. The maximum atomic E-state index is 13.0. The van der Waals surface area contributed by atoms with E-state index in [-0.39, 0.29) is 21.8 Å². The Morgan fingerprint density at radius 3 is 2.46 bits per heavy atom. The standard InChI is InChI=1S/C16H12ClF3N2O2/c17-11-6-7-13-12(8-11)16(24,10-4-2-1-3-5-10)22(14(23)21-13)9-15(18,19)20/h1-8,24H,9H2,(H,21,23). The van der Waals surface area contributed by atoms with Crippen LogP contribution in [0.5, 0.6) is 0 Å². The van der Waals surface area contributed by atoms with Crippen molar-refractivity contribution in [2.45, 2.75) is 11.9 Å². The van der Waals surface area contributed by atoms with Crippen LogP contribution in [0.15, 0.2) is 48.5 Å². The molecule has 2 aromatic carbocycles. The van der Waals surface area contributed by atoms with E-state index in [9.17, 15) is 23.1 Å². The lowest BCUT2D eigenvalue weighted by atomic mass is 9.89. The molecule has 1 atom stereocenters. The number of rotatable bonds is 2. The molecule has 1 heterocycles. The second kappa shape index (κ2) is 5.68. The molecule has 0 aliphatic carbocycles. The van der Waals surface area contributed by atoms with Crippen molar-refractivity contribution >= 4 is 23.3 Å². The smallest absolute Gasteiger partial charge is 0.363 e. The number of nitrogens with one attached hydrogen (secondary N) is 1. The third kappa shape index (κ3) is 2.81. The quantitative estimate of drug-likeness (QED) is 0.856. The fourth-order valence-corrected chi connectivity index (χ4v) is 2.91. The number of alkyl halides is 3. The Bertz CT molecular complexity index is 783. The lowest BCUT2D eigenvalue weighted by molar-refractivity contribution is -0.172. The van der Waals surface area contributed by atoms with Gasteiger partial charge < -0.3 is 10.4 Å². The van der Waals surface area contributed by atoms with Crippen LogP contribution in [-0.2, 0) is 5.72 Å². The minimum Gasteiger partial charge on any atom is -0.363 e. The van der Waals surface area contributed by atoms with Crippen LogP contribution in [-0.4, -0.2) is 28.8 Å². The van der Waals surface area contributed by atoms with Gasteiger partial charge in [-0.1, -0.05) is 41.9 Å². The van der Waals surface area contributed by atoms with Gasteiger partial charge >= 0.3 is 12.2 Å². The Hall–Kier alpha value is -2.25. The van der Waals surface area contributed by atoms with Gasteiger partial charge in [-0.05, 0) is 18.2 Å². The van der Waals surface area contributed by atoms with Crippen molar-refractivity contribution in [2.24, 2.45) is 0 Å². The number of aliphatic hydroxyl groups is 1. The van der Waals surface area contributed by atoms with Crippen molar-refractivity contribution in [3.63, 3.8) is 0 Å². The Balaban J connectivity index is 2.24. The topological polar surface area (TPSA) is 52.6 Å². The number of fused-ring (bicyclic) bond motifs is 1. The highest BCUT2D eigenvalue weighted by Gasteiger charge is 2.50. The first-order valence-corrected chi connectivity index (χ1v) is 7.33. The second-order valence-electron chi connectivity index (χ2n) is 5.36. The molecule has 1 aliphatic rings. The van der Waals surface area contributed by atoms with Crippen molar-refractivity contribution < 1.29 is 23.1 Å². The zero-order valence-corrected chi connectivity index (χ0v) is 12.9. The number of carbonyl (C=O) groups is 1. The molecule has 24 heavy (non-hydrogen) atoms. The van der Waals surface area contributed by atoms with Crippen LogP contribution >= 0.6 is 11.6 Å². The number of amides is 2. The molecule has 1 aliphatic heterocycles. The Morgan fingerprint density at radius 1 is 1.17 bits per heavy atom. The number of hydrogen-bond donors (Lipinski definition) is 2. The minimum atomic E-state index is -4.68. The van der Waals surface area contributed by atoms with Crippen molar-refractivity contribution in [1.82, 2.24) is 4.90 Å². The molecule has 2 N–H and O–H groups in total. The summed E-state index contributed by atoms with van der Waals surface area (Å²) in [6.07, 6.45) is -4.68. The molecule has 0 spiro atoms. The van der Waals surface area contributed by atoms with E-state index in [1.165, 1.54) is 30.3 Å². The van der Waals surface area contributed by atoms with E-state index < -0.39 is 24.5 Å². The first-order chi connectivity index (χ1) is 11.2. The highest BCUT2D eigenvalue weighted by Crippen LogP contribution is 2.43. The summed E-state index contributed by atoms with van der Waals surface area (Å²) >= 11 is 5.94. The van der Waals surface area contributed by atoms with Crippen LogP contribution in [0.25, 0.3) is 0 Å². The zero-order chi connectivity index (χ0) is 17.5. The van der Waals surface area contributed by atoms with Crippen molar-refractivity contribution in [2.75, 3.05) is 11.9 Å². The lowest BCUT2D eigenvalue weighted by Gasteiger charge is -2.44. The van der Waals surface area contributed by atoms with E-state index in [2.05, 4.69) is 5.32 Å². The molecule has 1 unspecified atom stereocenters. The molecule has 0 fully saturated rings. The van der Waals surface area contributed by atoms with E-state index in [1.54, 1.807) is 18.2 Å². The summed E-state index contributed by atoms with van der Waals surface area (Å²) in [5.74, 6) is 0. The summed E-state index contributed by atoms with van der Waals surface area (Å²) in [5, 5.41) is 13.8. The molecule has 126 valence electrons. The van der Waals surface area contributed by atoms with Crippen molar-refractivity contribution in [1.29, 1.82) is 0 Å². The molecule has 3 rings (SSSR count). The number of benzene rings is 2. The van der Waals surface area contributed by atoms with Crippen molar-refractivity contribution in [3.05, 3.63) is 64.7 Å². The minimum absolute atomic E-state index is 0.0741. The summed E-state index contributed by atoms with van der Waals surface area (Å²) in [6.45, 7) is -1.61. The van der Waals surface area contributed by atoms with Gasteiger partial charge in [0.25, 0.3) is 0 Å². The average molecular weight is 357 g/mol. The van der Waals surface area contributed by atoms with Crippen LogP contribution < -0.4 is 5.32 Å². The fraction of sp³-hybridized carbons (Fsp3) is 0.188. The molecule has 2 aromatic rings. The molecular formula is C16H12ClF3N2O2. The largest absolute Gasteiger partial charge is 0.406 e. The van der Waals surface area contributed by atoms with Crippen molar-refractivity contribution in [3.8, 4) is 0 Å². The van der Waals surface area contributed by atoms with Gasteiger partial charge in [-0.25, -0.2) is 4.79 Å². The monoisotopic (exact) mass is 356 g/mol. The van der Waals surface area contributed by atoms with Crippen LogP contribution in [0.2, 0.25) is 5.02 Å². The van der Waals surface area contributed by atoms with E-state index in [0.717, 1.165) is 0 Å². The molecule has 0 saturated carbocycles. The molecule has 0 bridgehead atoms. The number of urea groups is 1. The average Bonchev–Trinajstić information content (AvgIpc) is 2.52. The predicted molar refractivity (Wildman–Crippen MR) is 82.7 cm³/mol. The highest BCUT2D eigenvalue weighted by molar-refractivity contribution is 6.30. The number of hydrogen-bond acceptors (Lipinski definition) is 2. The summed E-state index contributed by atoms with van der Waals surface area (Å²) in [7, 11) is 0. The normalized spacial score (nSPS) is 20.5. The van der Waals surface area contributed by atoms with E-state index in [4.69, 9.17) is 11.6 Å². The Kier molecular flexibility index (Phi) is 3.93. The Morgan fingerprint density at radius 2 is 1.83 bits per heavy atom. The first kappa shape index (κ1) is 16.6. The van der Waals surface area contributed by atoms with E-state index >= 15 is 0 Å². The third-order valence-electron chi connectivity index (χ3n) is 3.75. The van der Waals surface area contributed by atoms with E-state index in [1.807, 2.05) is 0 Å². The molecule has 2 amide bonds.